The average Bonchev–Trinajstić information content (AvgIpc) is 2.79. The van der Waals surface area contributed by atoms with Gasteiger partial charge < -0.3 is 30.4 Å². The van der Waals surface area contributed by atoms with Crippen LogP contribution in [0.15, 0.2) is 4.99 Å². The summed E-state index contributed by atoms with van der Waals surface area (Å²) in [5.41, 5.74) is 0. The van der Waals surface area contributed by atoms with Gasteiger partial charge in [0.15, 0.2) is 0 Å². The van der Waals surface area contributed by atoms with Gasteiger partial charge in [-0.2, -0.15) is 65.9 Å². The van der Waals surface area contributed by atoms with E-state index in [4.69, 9.17) is 15.3 Å². The molecular formula is C18H23F15N2O6. The molecule has 0 radical (unpaired) electrons. The van der Waals surface area contributed by atoms with Gasteiger partial charge in [-0.1, -0.05) is 0 Å². The quantitative estimate of drug-likeness (QED) is 0.0727. The first-order chi connectivity index (χ1) is 17.7. The number of carboxylic acid groups (broad SMARTS) is 1. The zero-order valence-electron chi connectivity index (χ0n) is 20.1. The highest BCUT2D eigenvalue weighted by atomic mass is 19.4. The summed E-state index contributed by atoms with van der Waals surface area (Å²) in [6.07, 6.45) is -9.03. The molecule has 246 valence electrons. The summed E-state index contributed by atoms with van der Waals surface area (Å²) in [5, 5.41) is 38.5. The standard InChI is InChI=1S/C18H21F15N2O5.H2O/c19-12(20,11(40)34-3-1-4-35(6-8-36,7-9-37)5-2-10(38)39)13(21,22)14(23,24)15(25,26)16(27,28)17(29,30)18(31,32)33;/h36-37H,1-9H2,(H-,34,38,39,40);1H2. The van der Waals surface area contributed by atoms with Gasteiger partial charge in [-0.15, -0.1) is 0 Å². The van der Waals surface area contributed by atoms with Crippen LogP contribution >= 0.6 is 0 Å². The first-order valence-electron chi connectivity index (χ1n) is 10.5. The predicted octanol–water partition coefficient (Wildman–Crippen LogP) is 1.96. The average molecular weight is 648 g/mol. The van der Waals surface area contributed by atoms with Crippen LogP contribution in [0.25, 0.3) is 0 Å². The molecule has 0 fully saturated rings. The van der Waals surface area contributed by atoms with Crippen LogP contribution in [0, 0.1) is 0 Å². The van der Waals surface area contributed by atoms with Gasteiger partial charge in [0.2, 0.25) is 0 Å². The van der Waals surface area contributed by atoms with E-state index in [1.165, 1.54) is 0 Å². The molecule has 0 spiro atoms. The molecule has 0 bridgehead atoms. The van der Waals surface area contributed by atoms with Gasteiger partial charge in [0.25, 0.3) is 0 Å². The lowest BCUT2D eigenvalue weighted by atomic mass is 9.91. The second-order valence-corrected chi connectivity index (χ2v) is 8.31. The summed E-state index contributed by atoms with van der Waals surface area (Å²) < 4.78 is 197. The minimum absolute atomic E-state index is 0. The maximum Gasteiger partial charge on any atom is 0.460 e. The highest BCUT2D eigenvalue weighted by Gasteiger charge is 2.93. The van der Waals surface area contributed by atoms with Crippen molar-refractivity contribution in [3.63, 3.8) is 0 Å². The van der Waals surface area contributed by atoms with Gasteiger partial charge in [-0.3, -0.25) is 9.79 Å². The van der Waals surface area contributed by atoms with E-state index in [0.29, 0.717) is 0 Å². The number of alkyl halides is 15. The Morgan fingerprint density at radius 2 is 1.05 bits per heavy atom. The first-order valence-corrected chi connectivity index (χ1v) is 10.5. The molecular weight excluding hydrogens is 625 g/mol. The van der Waals surface area contributed by atoms with Crippen molar-refractivity contribution in [1.29, 1.82) is 0 Å². The molecule has 0 aromatic rings. The minimum Gasteiger partial charge on any atom is -0.858 e. The third-order valence-electron chi connectivity index (χ3n) is 5.59. The lowest BCUT2D eigenvalue weighted by Crippen LogP contribution is -2.74. The molecule has 41 heavy (non-hydrogen) atoms. The number of aliphatic imine (C=N–C) groups is 1. The lowest BCUT2D eigenvalue weighted by Gasteiger charge is -2.42. The topological polar surface area (TPSA) is 145 Å². The SMILES string of the molecule is O.O=C(O)CC[N+](CCO)(CCO)CCCN=C([O-])C(F)(F)C(F)(F)C(F)(F)C(F)(F)C(F)(F)C(F)(F)C(F)(F)F. The lowest BCUT2D eigenvalue weighted by molar-refractivity contribution is -0.928. The Morgan fingerprint density at radius 3 is 1.41 bits per heavy atom. The van der Waals surface area contributed by atoms with Crippen LogP contribution in [0.3, 0.4) is 0 Å². The van der Waals surface area contributed by atoms with Gasteiger partial charge >= 0.3 is 47.7 Å². The number of carboxylic acids is 1. The summed E-state index contributed by atoms with van der Waals surface area (Å²) in [6.45, 7) is -4.01. The second kappa shape index (κ2) is 13.4. The summed E-state index contributed by atoms with van der Waals surface area (Å²) in [7, 11) is 0. The van der Waals surface area contributed by atoms with Gasteiger partial charge in [0, 0.05) is 18.9 Å². The highest BCUT2D eigenvalue weighted by molar-refractivity contribution is 5.81. The Balaban J connectivity index is 0. The third kappa shape index (κ3) is 7.58. The van der Waals surface area contributed by atoms with Crippen LogP contribution in [-0.2, 0) is 4.79 Å². The van der Waals surface area contributed by atoms with Crippen molar-refractivity contribution < 1.29 is 101 Å². The fourth-order valence-corrected chi connectivity index (χ4v) is 3.21. The van der Waals surface area contributed by atoms with Crippen molar-refractivity contribution in [2.75, 3.05) is 45.9 Å². The fraction of sp³-hybridized carbons (Fsp3) is 0.889. The van der Waals surface area contributed by atoms with E-state index >= 15 is 0 Å². The van der Waals surface area contributed by atoms with E-state index in [0.717, 1.165) is 0 Å². The van der Waals surface area contributed by atoms with E-state index < -0.39 is 97.2 Å². The molecule has 23 heteroatoms. The van der Waals surface area contributed by atoms with Crippen LogP contribution < -0.4 is 5.11 Å². The number of hydrogen-bond donors (Lipinski definition) is 3. The molecule has 0 aromatic carbocycles. The van der Waals surface area contributed by atoms with Crippen LogP contribution in [0.1, 0.15) is 12.8 Å². The molecule has 8 nitrogen and oxygen atoms in total. The first kappa shape index (κ1) is 40.9. The number of carbonyl (C=O) groups is 1. The smallest absolute Gasteiger partial charge is 0.460 e. The van der Waals surface area contributed by atoms with Crippen LogP contribution in [0.5, 0.6) is 0 Å². The Kier molecular flexibility index (Phi) is 13.3. The van der Waals surface area contributed by atoms with Crippen LogP contribution in [0.2, 0.25) is 0 Å². The summed E-state index contributed by atoms with van der Waals surface area (Å²) >= 11 is 0. The minimum atomic E-state index is -8.53. The molecule has 0 heterocycles. The second-order valence-electron chi connectivity index (χ2n) is 8.31. The number of rotatable bonds is 17. The van der Waals surface area contributed by atoms with Crippen molar-refractivity contribution in [2.24, 2.45) is 4.99 Å². The van der Waals surface area contributed by atoms with Crippen LogP contribution in [0.4, 0.5) is 65.9 Å². The predicted molar refractivity (Wildman–Crippen MR) is 102 cm³/mol. The van der Waals surface area contributed by atoms with E-state index in [-0.39, 0.29) is 25.1 Å². The van der Waals surface area contributed by atoms with Crippen molar-refractivity contribution in [3.05, 3.63) is 0 Å². The maximum absolute atomic E-state index is 13.9. The Morgan fingerprint density at radius 1 is 0.659 bits per heavy atom. The summed E-state index contributed by atoms with van der Waals surface area (Å²) in [6, 6.07) is 0. The molecule has 5 N–H and O–H groups in total. The molecule has 0 aliphatic heterocycles. The fourth-order valence-electron chi connectivity index (χ4n) is 3.21. The summed E-state index contributed by atoms with van der Waals surface area (Å²) in [4.78, 5) is 13.0. The molecule has 0 saturated carbocycles. The Bertz CT molecular complexity index is 890. The third-order valence-corrected chi connectivity index (χ3v) is 5.59. The number of aliphatic hydroxyl groups is 2. The van der Waals surface area contributed by atoms with E-state index in [1.807, 2.05) is 0 Å². The van der Waals surface area contributed by atoms with Gasteiger partial charge in [-0.25, -0.2) is 0 Å². The Labute approximate surface area is 219 Å². The summed E-state index contributed by atoms with van der Waals surface area (Å²) in [5.74, 6) is -53.7. The molecule has 0 aliphatic carbocycles. The number of hydrogen-bond acceptors (Lipinski definition) is 5. The van der Waals surface area contributed by atoms with Gasteiger partial charge in [0.05, 0.1) is 32.7 Å². The zero-order valence-corrected chi connectivity index (χ0v) is 20.1. The number of aliphatic hydroxyl groups excluding tert-OH is 2. The van der Waals surface area contributed by atoms with E-state index in [2.05, 4.69) is 4.99 Å². The molecule has 0 aliphatic rings. The van der Waals surface area contributed by atoms with E-state index in [9.17, 15) is 75.8 Å². The van der Waals surface area contributed by atoms with Crippen molar-refractivity contribution >= 4 is 11.9 Å². The van der Waals surface area contributed by atoms with E-state index in [1.54, 1.807) is 0 Å². The zero-order chi connectivity index (χ0) is 32.2. The molecule has 0 atom stereocenters. The number of quaternary nitrogens is 1. The molecule has 0 saturated heterocycles. The maximum atomic E-state index is 13.9. The van der Waals surface area contributed by atoms with Gasteiger partial charge in [0.1, 0.15) is 13.1 Å². The molecule has 0 aromatic heterocycles. The normalized spacial score (nSPS) is 15.1. The Hall–Kier alpha value is -2.27. The highest BCUT2D eigenvalue weighted by Crippen LogP contribution is 2.62. The monoisotopic (exact) mass is 648 g/mol. The van der Waals surface area contributed by atoms with Crippen LogP contribution in [-0.4, -0.2) is 125 Å². The number of halogens is 15. The molecule has 0 amide bonds. The van der Waals surface area contributed by atoms with Gasteiger partial charge in [-0.05, 0) is 0 Å². The van der Waals surface area contributed by atoms with Crippen molar-refractivity contribution in [1.82, 2.24) is 0 Å². The molecule has 0 unspecified atom stereocenters. The molecule has 0 rings (SSSR count). The van der Waals surface area contributed by atoms with Crippen molar-refractivity contribution in [2.45, 2.75) is 54.6 Å². The largest absolute Gasteiger partial charge is 0.858 e. The number of nitrogens with zero attached hydrogens (tertiary/aromatic N) is 2. The van der Waals surface area contributed by atoms with Crippen molar-refractivity contribution in [3.8, 4) is 0 Å². The number of aliphatic carboxylic acids is 1.